The van der Waals surface area contributed by atoms with E-state index in [1.54, 1.807) is 17.7 Å². The van der Waals surface area contributed by atoms with Gasteiger partial charge < -0.3 is 10.3 Å². The van der Waals surface area contributed by atoms with Gasteiger partial charge in [0.05, 0.1) is 5.39 Å². The summed E-state index contributed by atoms with van der Waals surface area (Å²) >= 11 is 1.63. The smallest absolute Gasteiger partial charge is 0.138 e. The molecule has 5 heteroatoms. The number of H-pyrrole nitrogens is 1. The molecular weight excluding hydrogens is 280 g/mol. The second kappa shape index (κ2) is 4.86. The molecular formula is C16H14N4S. The fourth-order valence-electron chi connectivity index (χ4n) is 2.53. The quantitative estimate of drug-likeness (QED) is 0.591. The van der Waals surface area contributed by atoms with Crippen LogP contribution in [0, 0.1) is 0 Å². The number of anilines is 1. The van der Waals surface area contributed by atoms with Crippen molar-refractivity contribution in [2.24, 2.45) is 0 Å². The highest BCUT2D eigenvalue weighted by Gasteiger charge is 2.10. The fraction of sp³-hybridized carbons (Fsp3) is 0.125. The van der Waals surface area contributed by atoms with Crippen molar-refractivity contribution < 1.29 is 0 Å². The highest BCUT2D eigenvalue weighted by Crippen LogP contribution is 2.27. The van der Waals surface area contributed by atoms with E-state index in [9.17, 15) is 0 Å². The van der Waals surface area contributed by atoms with Gasteiger partial charge in [0.15, 0.2) is 0 Å². The number of rotatable bonds is 3. The summed E-state index contributed by atoms with van der Waals surface area (Å²) in [7, 11) is 0. The molecule has 0 radical (unpaired) electrons. The van der Waals surface area contributed by atoms with Gasteiger partial charge in [-0.2, -0.15) is 0 Å². The normalized spacial score (nSPS) is 12.8. The van der Waals surface area contributed by atoms with E-state index < -0.39 is 0 Å². The Morgan fingerprint density at radius 3 is 3.10 bits per heavy atom. The summed E-state index contributed by atoms with van der Waals surface area (Å²) in [5.74, 6) is 0.892. The van der Waals surface area contributed by atoms with Crippen LogP contribution in [0.2, 0.25) is 0 Å². The van der Waals surface area contributed by atoms with E-state index in [0.717, 1.165) is 21.6 Å². The minimum Gasteiger partial charge on any atom is -0.363 e. The first kappa shape index (κ1) is 12.3. The molecule has 0 amide bonds. The summed E-state index contributed by atoms with van der Waals surface area (Å²) in [6.07, 6.45) is 3.58. The van der Waals surface area contributed by atoms with Crippen LogP contribution in [0.15, 0.2) is 48.2 Å². The molecule has 1 aromatic carbocycles. The number of fused-ring (bicyclic) bond motifs is 2. The average molecular weight is 294 g/mol. The molecule has 0 aliphatic carbocycles. The van der Waals surface area contributed by atoms with Crippen molar-refractivity contribution in [3.63, 3.8) is 0 Å². The molecule has 21 heavy (non-hydrogen) atoms. The molecule has 0 aliphatic rings. The van der Waals surface area contributed by atoms with E-state index in [0.29, 0.717) is 0 Å². The monoisotopic (exact) mass is 294 g/mol. The zero-order chi connectivity index (χ0) is 14.2. The molecule has 3 aromatic heterocycles. The van der Waals surface area contributed by atoms with E-state index in [-0.39, 0.29) is 6.04 Å². The van der Waals surface area contributed by atoms with Gasteiger partial charge in [0.1, 0.15) is 17.0 Å². The van der Waals surface area contributed by atoms with Gasteiger partial charge in [0.2, 0.25) is 0 Å². The maximum Gasteiger partial charge on any atom is 0.138 e. The molecule has 3 heterocycles. The zero-order valence-corrected chi connectivity index (χ0v) is 12.3. The van der Waals surface area contributed by atoms with Crippen molar-refractivity contribution in [1.82, 2.24) is 15.0 Å². The summed E-state index contributed by atoms with van der Waals surface area (Å²) in [5, 5.41) is 7.84. The summed E-state index contributed by atoms with van der Waals surface area (Å²) in [6, 6.07) is 10.8. The number of hydrogen-bond acceptors (Lipinski definition) is 4. The first-order valence-electron chi connectivity index (χ1n) is 6.83. The standard InChI is InChI=1S/C16H14N4S/c1-10(11-2-3-14-12(8-11)4-6-17-14)20-15-13-5-7-21-16(13)19-9-18-15/h2-10,17H,1H3,(H,18,19,20). The Balaban J connectivity index is 1.68. The van der Waals surface area contributed by atoms with Gasteiger partial charge in [-0.3, -0.25) is 0 Å². The van der Waals surface area contributed by atoms with Gasteiger partial charge in [-0.25, -0.2) is 9.97 Å². The average Bonchev–Trinajstić information content (AvgIpc) is 3.15. The Kier molecular flexibility index (Phi) is 2.86. The number of nitrogens with zero attached hydrogens (tertiary/aromatic N) is 2. The van der Waals surface area contributed by atoms with Crippen LogP contribution >= 0.6 is 11.3 Å². The van der Waals surface area contributed by atoms with Gasteiger partial charge >= 0.3 is 0 Å². The number of benzene rings is 1. The van der Waals surface area contributed by atoms with Crippen LogP contribution in [0.5, 0.6) is 0 Å². The SMILES string of the molecule is CC(Nc1ncnc2sccc12)c1ccc2[nH]ccc2c1. The summed E-state index contributed by atoms with van der Waals surface area (Å²) < 4.78 is 0. The van der Waals surface area contributed by atoms with Crippen molar-refractivity contribution in [2.75, 3.05) is 5.32 Å². The Hall–Kier alpha value is -2.40. The van der Waals surface area contributed by atoms with Gasteiger partial charge in [0, 0.05) is 17.8 Å². The topological polar surface area (TPSA) is 53.6 Å². The first-order valence-corrected chi connectivity index (χ1v) is 7.71. The second-order valence-electron chi connectivity index (χ2n) is 5.05. The predicted octanol–water partition coefficient (Wildman–Crippen LogP) is 4.35. The molecule has 4 nitrogen and oxygen atoms in total. The Bertz CT molecular complexity index is 909. The largest absolute Gasteiger partial charge is 0.363 e. The van der Waals surface area contributed by atoms with Gasteiger partial charge in [-0.15, -0.1) is 11.3 Å². The van der Waals surface area contributed by atoms with Crippen molar-refractivity contribution >= 4 is 38.3 Å². The molecule has 2 N–H and O–H groups in total. The van der Waals surface area contributed by atoms with Crippen LogP contribution < -0.4 is 5.32 Å². The molecule has 4 aromatic rings. The molecule has 0 bridgehead atoms. The van der Waals surface area contributed by atoms with Crippen LogP contribution in [0.4, 0.5) is 5.82 Å². The van der Waals surface area contributed by atoms with E-state index >= 15 is 0 Å². The minimum atomic E-state index is 0.183. The molecule has 0 spiro atoms. The van der Waals surface area contributed by atoms with Crippen molar-refractivity contribution in [3.8, 4) is 0 Å². The van der Waals surface area contributed by atoms with Crippen LogP contribution in [0.1, 0.15) is 18.5 Å². The van der Waals surface area contributed by atoms with E-state index in [1.165, 1.54) is 10.9 Å². The molecule has 4 rings (SSSR count). The summed E-state index contributed by atoms with van der Waals surface area (Å²) in [4.78, 5) is 12.9. The summed E-state index contributed by atoms with van der Waals surface area (Å²) in [6.45, 7) is 2.15. The lowest BCUT2D eigenvalue weighted by Gasteiger charge is -2.15. The Morgan fingerprint density at radius 1 is 1.19 bits per heavy atom. The Labute approximate surface area is 125 Å². The van der Waals surface area contributed by atoms with Crippen molar-refractivity contribution in [1.29, 1.82) is 0 Å². The third-order valence-electron chi connectivity index (χ3n) is 3.69. The third kappa shape index (κ3) is 2.15. The Morgan fingerprint density at radius 2 is 2.14 bits per heavy atom. The molecule has 1 atom stereocenters. The molecule has 0 saturated carbocycles. The molecule has 0 saturated heterocycles. The summed E-state index contributed by atoms with van der Waals surface area (Å²) in [5.41, 5.74) is 2.40. The van der Waals surface area contributed by atoms with Gasteiger partial charge in [0.25, 0.3) is 0 Å². The minimum absolute atomic E-state index is 0.183. The lowest BCUT2D eigenvalue weighted by molar-refractivity contribution is 0.878. The van der Waals surface area contributed by atoms with Crippen LogP contribution in [-0.2, 0) is 0 Å². The molecule has 0 aliphatic heterocycles. The van der Waals surface area contributed by atoms with Crippen molar-refractivity contribution in [3.05, 3.63) is 53.8 Å². The lowest BCUT2D eigenvalue weighted by Crippen LogP contribution is -2.08. The first-order chi connectivity index (χ1) is 10.3. The maximum absolute atomic E-state index is 4.38. The predicted molar refractivity (Wildman–Crippen MR) is 87.8 cm³/mol. The number of thiophene rings is 1. The van der Waals surface area contributed by atoms with Gasteiger partial charge in [-0.1, -0.05) is 6.07 Å². The molecule has 104 valence electrons. The highest BCUT2D eigenvalue weighted by molar-refractivity contribution is 7.16. The van der Waals surface area contributed by atoms with Crippen molar-refractivity contribution in [2.45, 2.75) is 13.0 Å². The molecule has 0 fully saturated rings. The number of hydrogen-bond donors (Lipinski definition) is 2. The third-order valence-corrected chi connectivity index (χ3v) is 4.51. The zero-order valence-electron chi connectivity index (χ0n) is 11.5. The van der Waals surface area contributed by atoms with Crippen LogP contribution in [0.3, 0.4) is 0 Å². The van der Waals surface area contributed by atoms with Gasteiger partial charge in [-0.05, 0) is 47.5 Å². The second-order valence-corrected chi connectivity index (χ2v) is 5.95. The number of nitrogens with one attached hydrogen (secondary N) is 2. The number of aromatic nitrogens is 3. The van der Waals surface area contributed by atoms with Crippen LogP contribution in [0.25, 0.3) is 21.1 Å². The highest BCUT2D eigenvalue weighted by atomic mass is 32.1. The molecule has 1 unspecified atom stereocenters. The fourth-order valence-corrected chi connectivity index (χ4v) is 3.27. The van der Waals surface area contributed by atoms with E-state index in [2.05, 4.69) is 57.5 Å². The van der Waals surface area contributed by atoms with E-state index in [1.807, 2.05) is 11.6 Å². The lowest BCUT2D eigenvalue weighted by atomic mass is 10.1. The maximum atomic E-state index is 4.38. The van der Waals surface area contributed by atoms with E-state index in [4.69, 9.17) is 0 Å². The number of aromatic amines is 1. The van der Waals surface area contributed by atoms with Crippen LogP contribution in [-0.4, -0.2) is 15.0 Å².